The van der Waals surface area contributed by atoms with Crippen LogP contribution in [0.15, 0.2) is 35.3 Å². The first-order chi connectivity index (χ1) is 52.3. The number of aliphatic hydroxyl groups excluding tert-OH is 16. The number of nitrogen functional groups attached to an aromatic ring is 1. The second-order valence-corrected chi connectivity index (χ2v) is 25.8. The number of hydrogen-bond acceptors (Lipinski definition) is 37. The van der Waals surface area contributed by atoms with E-state index in [1.807, 2.05) is 10.6 Å². The van der Waals surface area contributed by atoms with Gasteiger partial charge in [0.15, 0.2) is 16.9 Å². The molecular formula is C64H93N11O36S. The van der Waals surface area contributed by atoms with Crippen LogP contribution >= 0.6 is 12.6 Å². The van der Waals surface area contributed by atoms with E-state index in [2.05, 4.69) is 48.5 Å². The van der Waals surface area contributed by atoms with Crippen LogP contribution in [0.4, 0.5) is 11.6 Å². The molecule has 0 aliphatic carbocycles. The van der Waals surface area contributed by atoms with E-state index in [0.717, 1.165) is 6.92 Å². The Bertz CT molecular complexity index is 3790. The number of Topliss-reactive ketones (excluding diaryl/α,β-unsaturated/α-hetero) is 4. The van der Waals surface area contributed by atoms with Crippen molar-refractivity contribution in [2.45, 2.75) is 169 Å². The smallest absolute Gasteiger partial charge is 0.326 e. The number of nitrogens with one attached hydrogen (secondary N) is 7. The fraction of sp³-hybridized carbons (Fsp3) is 0.594. The van der Waals surface area contributed by atoms with Gasteiger partial charge in [-0.25, -0.2) is 24.4 Å². The first kappa shape index (κ1) is 98.2. The number of rotatable bonds is 51. The van der Waals surface area contributed by atoms with Gasteiger partial charge in [-0.2, -0.15) is 17.6 Å². The fourth-order valence-electron chi connectivity index (χ4n) is 10.3. The number of carboxylic acids is 5. The van der Waals surface area contributed by atoms with Gasteiger partial charge in [-0.3, -0.25) is 62.5 Å². The summed E-state index contributed by atoms with van der Waals surface area (Å²) in [6.45, 7) is -3.30. The maximum atomic E-state index is 13.4. The number of carboxylic acid groups (broad SMARTS) is 5. The summed E-state index contributed by atoms with van der Waals surface area (Å²) in [5, 5.41) is 219. The van der Waals surface area contributed by atoms with Crippen molar-refractivity contribution in [3.8, 4) is 0 Å². The maximum absolute atomic E-state index is 13.4. The number of anilines is 2. The number of ketones is 4. The van der Waals surface area contributed by atoms with E-state index in [0.29, 0.717) is 11.4 Å². The minimum Gasteiger partial charge on any atom is -0.481 e. The number of hydrogen-bond donors (Lipinski definition) is 30. The Morgan fingerprint density at radius 2 is 0.946 bits per heavy atom. The summed E-state index contributed by atoms with van der Waals surface area (Å²) in [6.07, 6.45) is -33.3. The Morgan fingerprint density at radius 1 is 0.500 bits per heavy atom. The maximum Gasteiger partial charge on any atom is 0.326 e. The number of carbonyl (C=O) groups excluding carboxylic acids is 9. The van der Waals surface area contributed by atoms with Gasteiger partial charge in [0.25, 0.3) is 11.5 Å². The molecule has 0 fully saturated rings. The predicted molar refractivity (Wildman–Crippen MR) is 374 cm³/mol. The van der Waals surface area contributed by atoms with Crippen LogP contribution in [0.3, 0.4) is 0 Å². The lowest BCUT2D eigenvalue weighted by Gasteiger charge is -2.30. The van der Waals surface area contributed by atoms with E-state index in [-0.39, 0.29) is 29.2 Å². The van der Waals surface area contributed by atoms with Crippen molar-refractivity contribution in [2.75, 3.05) is 50.3 Å². The Labute approximate surface area is 637 Å². The minimum absolute atomic E-state index is 0.0109. The second kappa shape index (κ2) is 47.5. The number of nitrogens with zero attached hydrogens (tertiary/aromatic N) is 3. The monoisotopic (exact) mass is 1620 g/mol. The van der Waals surface area contributed by atoms with Gasteiger partial charge >= 0.3 is 29.8 Å². The molecule has 0 spiro atoms. The van der Waals surface area contributed by atoms with Crippen molar-refractivity contribution in [2.24, 2.45) is 29.6 Å². The minimum atomic E-state index is -2.53. The normalized spacial score (nSPS) is 17.1. The first-order valence-corrected chi connectivity index (χ1v) is 34.2. The van der Waals surface area contributed by atoms with E-state index in [1.54, 1.807) is 5.32 Å². The number of fused-ring (bicyclic) bond motifs is 1. The van der Waals surface area contributed by atoms with Gasteiger partial charge in [0.05, 0.1) is 99.7 Å². The number of carbonyl (C=O) groups is 14. The average molecular weight is 1620 g/mol. The lowest BCUT2D eigenvalue weighted by Crippen LogP contribution is -2.57. The molecule has 2 heterocycles. The molecular weight excluding hydrogens is 1530 g/mol. The zero-order valence-electron chi connectivity index (χ0n) is 59.5. The van der Waals surface area contributed by atoms with Crippen LogP contribution in [0.25, 0.3) is 11.2 Å². The number of nitrogens with two attached hydrogens (primary N) is 1. The van der Waals surface area contributed by atoms with Crippen molar-refractivity contribution >= 4 is 118 Å². The Hall–Kier alpha value is -9.87. The van der Waals surface area contributed by atoms with Gasteiger partial charge in [-0.15, -0.1) is 0 Å². The zero-order valence-corrected chi connectivity index (χ0v) is 60.4. The van der Waals surface area contributed by atoms with Crippen LogP contribution in [0.2, 0.25) is 0 Å². The van der Waals surface area contributed by atoms with Crippen molar-refractivity contribution in [3.05, 3.63) is 52.1 Å². The van der Waals surface area contributed by atoms with Gasteiger partial charge in [0, 0.05) is 68.5 Å². The Balaban J connectivity index is 0.000000763. The molecule has 1 aromatic carbocycles. The number of thiol groups is 1. The molecule has 0 radical (unpaired) electrons. The molecule has 47 nitrogen and oxygen atoms in total. The predicted octanol–water partition coefficient (Wildman–Crippen LogP) is -12.3. The van der Waals surface area contributed by atoms with E-state index < -0.39 is 305 Å². The van der Waals surface area contributed by atoms with Gasteiger partial charge < -0.3 is 145 Å². The third-order valence-corrected chi connectivity index (χ3v) is 17.6. The molecule has 3 rings (SSSR count). The SMILES string of the molecule is CNC(=O)C[C@H](NC(=O)[C@@H](CC(=O)CC[C@H](NC(=O)c1ccc(NCc2cnc3nc(N)[nH]c(=O)c3n2)cc1)C(=O)O)[C@@H](O)[C@H](O)[C@H](O)CO)C(=O)O.C[C@H](C(=O)C[C@@H](CC(=O)C[C@H](C(=O)N[C@@H](CC(=O)N[C@H](C(=O)C[C@@H](CS)C(=O)O)[C@@H](O)[C@H](O)[C@H](O)CO)C(=O)O)[C@@H](O)[C@H](O)[C@H](O)CO)C(=O)O)[C@@H](O)[C@H](O)[C@H](O)CO. The standard InChI is InChI=1S/C33H54N2O23S.C31H39N9O13/c1-11(24(46)26(48)19(42)7-36)17(40)3-12(31(53)54)2-14(39)5-15(25(47)27(49)20(43)8-37)30(52)34-16(33(57)58)6-22(45)35-23(29(51)28(50)21(44)9-38)18(41)4-13(10-59)32(55)56;1-33-21(44)9-19(30(52)53)38-27(48)17(23(45)24(46)20(43)12-41)8-16(42)6-7-18(29(50)51)37-26(47)13-2-4-14(5-3-13)34-10-15-11-35-25-22(36-15)28(49)40-31(32)39-25/h11-13,15-16,19-21,23-29,36-38,42-44,46-51,59H,2-10H2,1H3,(H,34,52)(H,35,45)(H,53,54)(H,55,56)(H,57,58);2-5,11,17-20,23-24,34,41,43,45-46H,6-10,12H2,1H3,(H,33,44)(H,37,47)(H,38,48)(H,50,51)(H,52,53)(H3,32,35,39,40,49)/t11-,12-,13+,15+,16+,19-,20-,21-,23-,24-,25-,26-,27-,28-,29-;17-,18-,19-,20+,23+,24+/m10/s1. The van der Waals surface area contributed by atoms with E-state index in [4.69, 9.17) is 21.1 Å². The molecule has 0 bridgehead atoms. The van der Waals surface area contributed by atoms with Crippen LogP contribution in [-0.4, -0.2) is 346 Å². The van der Waals surface area contributed by atoms with Crippen molar-refractivity contribution in [1.29, 1.82) is 0 Å². The summed E-state index contributed by atoms with van der Waals surface area (Å²) in [5.41, 5.74) is 5.97. The summed E-state index contributed by atoms with van der Waals surface area (Å²) >= 11 is 3.79. The van der Waals surface area contributed by atoms with E-state index in [1.165, 1.54) is 37.5 Å². The molecule has 0 aliphatic heterocycles. The molecule has 30 N–H and O–H groups in total. The molecule has 21 atom stereocenters. The molecule has 5 amide bonds. The molecule has 0 saturated carbocycles. The highest BCUT2D eigenvalue weighted by Gasteiger charge is 2.44. The van der Waals surface area contributed by atoms with Crippen molar-refractivity contribution < 1.29 is 174 Å². The van der Waals surface area contributed by atoms with Crippen molar-refractivity contribution in [1.82, 2.24) is 46.5 Å². The second-order valence-electron chi connectivity index (χ2n) is 25.5. The third kappa shape index (κ3) is 30.7. The first-order valence-electron chi connectivity index (χ1n) is 33.6. The highest BCUT2D eigenvalue weighted by molar-refractivity contribution is 7.80. The van der Waals surface area contributed by atoms with Crippen LogP contribution < -0.4 is 43.2 Å². The molecule has 626 valence electrons. The van der Waals surface area contributed by atoms with Crippen LogP contribution in [0, 0.1) is 29.6 Å². The average Bonchev–Trinajstić information content (AvgIpc) is 0.822. The Morgan fingerprint density at radius 3 is 1.39 bits per heavy atom. The summed E-state index contributed by atoms with van der Waals surface area (Å²) in [6, 6.07) is -2.26. The van der Waals surface area contributed by atoms with E-state index >= 15 is 0 Å². The van der Waals surface area contributed by atoms with E-state index in [9.17, 15) is 164 Å². The highest BCUT2D eigenvalue weighted by atomic mass is 32.1. The number of benzene rings is 1. The summed E-state index contributed by atoms with van der Waals surface area (Å²) in [7, 11) is 1.22. The van der Waals surface area contributed by atoms with Crippen molar-refractivity contribution in [3.63, 3.8) is 0 Å². The number of aliphatic hydroxyl groups is 16. The number of H-pyrrole nitrogens is 1. The number of aromatic amines is 1. The lowest BCUT2D eigenvalue weighted by atomic mass is 9.84. The molecule has 0 saturated heterocycles. The number of aliphatic carboxylic acids is 5. The number of amides is 5. The lowest BCUT2D eigenvalue weighted by molar-refractivity contribution is -0.150. The van der Waals surface area contributed by atoms with Crippen LogP contribution in [0.1, 0.15) is 80.8 Å². The summed E-state index contributed by atoms with van der Waals surface area (Å²) in [4.78, 5) is 202. The van der Waals surface area contributed by atoms with Gasteiger partial charge in [0.1, 0.15) is 96.5 Å². The summed E-state index contributed by atoms with van der Waals surface area (Å²) < 4.78 is 0. The Kier molecular flexibility index (Phi) is 41.6. The molecule has 48 heteroatoms. The van der Waals surface area contributed by atoms with Crippen LogP contribution in [0.5, 0.6) is 0 Å². The van der Waals surface area contributed by atoms with Gasteiger partial charge in [-0.05, 0) is 30.7 Å². The number of aromatic nitrogens is 4. The quantitative estimate of drug-likeness (QED) is 0.0233. The summed E-state index contributed by atoms with van der Waals surface area (Å²) in [5.74, 6) is -28.7. The largest absolute Gasteiger partial charge is 0.481 e. The highest BCUT2D eigenvalue weighted by Crippen LogP contribution is 2.25. The van der Waals surface area contributed by atoms with Gasteiger partial charge in [0.2, 0.25) is 29.6 Å². The molecule has 0 unspecified atom stereocenters. The zero-order chi connectivity index (χ0) is 85.5. The third-order valence-electron chi connectivity index (χ3n) is 17.1. The topological polar surface area (TPSA) is 834 Å². The fourth-order valence-corrected chi connectivity index (χ4v) is 10.6. The van der Waals surface area contributed by atoms with Crippen LogP contribution in [-0.2, 0) is 68.9 Å². The van der Waals surface area contributed by atoms with Gasteiger partial charge in [-0.1, -0.05) is 6.92 Å². The molecule has 3 aromatic rings. The molecule has 2 aromatic heterocycles. The molecule has 0 aliphatic rings. The molecule has 112 heavy (non-hydrogen) atoms.